The van der Waals surface area contributed by atoms with Crippen molar-refractivity contribution in [3.8, 4) is 5.75 Å². The largest absolute Gasteiger partial charge is 0.497 e. The Morgan fingerprint density at radius 2 is 1.69 bits per heavy atom. The van der Waals surface area contributed by atoms with Crippen molar-refractivity contribution in [2.75, 3.05) is 13.7 Å². The zero-order valence-electron chi connectivity index (χ0n) is 15.0. The second-order valence-electron chi connectivity index (χ2n) is 6.77. The van der Waals surface area contributed by atoms with Crippen molar-refractivity contribution in [1.82, 2.24) is 5.32 Å². The van der Waals surface area contributed by atoms with E-state index in [1.165, 1.54) is 6.07 Å². The maximum atomic E-state index is 12.9. The van der Waals surface area contributed by atoms with E-state index in [2.05, 4.69) is 5.32 Å². The molecule has 0 aliphatic carbocycles. The standard InChI is InChI=1S/C20H22F3NO2/c1-19(2,15-7-5-8-16(12-15)20(21,22)23)13-24-18(25)11-14-6-4-9-17(10-14)26-3/h4-10,12H,11,13H2,1-3H3,(H,24,25). The van der Waals surface area contributed by atoms with Crippen LogP contribution < -0.4 is 10.1 Å². The number of nitrogens with one attached hydrogen (secondary N) is 1. The van der Waals surface area contributed by atoms with E-state index in [9.17, 15) is 18.0 Å². The van der Waals surface area contributed by atoms with Crippen LogP contribution in [0, 0.1) is 0 Å². The van der Waals surface area contributed by atoms with E-state index in [0.29, 0.717) is 11.3 Å². The summed E-state index contributed by atoms with van der Waals surface area (Å²) in [5.74, 6) is 0.470. The minimum atomic E-state index is -4.39. The minimum Gasteiger partial charge on any atom is -0.497 e. The number of hydrogen-bond donors (Lipinski definition) is 1. The van der Waals surface area contributed by atoms with Crippen molar-refractivity contribution in [1.29, 1.82) is 0 Å². The van der Waals surface area contributed by atoms with Crippen LogP contribution in [-0.4, -0.2) is 19.6 Å². The minimum absolute atomic E-state index is 0.176. The number of carbonyl (C=O) groups excluding carboxylic acids is 1. The Bertz CT molecular complexity index is 770. The van der Waals surface area contributed by atoms with Crippen LogP contribution in [-0.2, 0) is 22.8 Å². The summed E-state index contributed by atoms with van der Waals surface area (Å²) in [6.45, 7) is 3.83. The van der Waals surface area contributed by atoms with E-state index >= 15 is 0 Å². The summed E-state index contributed by atoms with van der Waals surface area (Å²) in [4.78, 5) is 12.2. The average Bonchev–Trinajstić information content (AvgIpc) is 2.60. The molecule has 0 bridgehead atoms. The molecule has 1 N–H and O–H groups in total. The number of methoxy groups -OCH3 is 1. The van der Waals surface area contributed by atoms with E-state index in [0.717, 1.165) is 17.7 Å². The summed E-state index contributed by atoms with van der Waals surface area (Å²) in [6.07, 6.45) is -4.21. The first kappa shape index (κ1) is 19.8. The van der Waals surface area contributed by atoms with Gasteiger partial charge in [-0.25, -0.2) is 0 Å². The fraction of sp³-hybridized carbons (Fsp3) is 0.350. The molecule has 0 fully saturated rings. The lowest BCUT2D eigenvalue weighted by Gasteiger charge is -2.26. The molecule has 0 aliphatic rings. The monoisotopic (exact) mass is 365 g/mol. The van der Waals surface area contributed by atoms with Gasteiger partial charge in [-0.3, -0.25) is 4.79 Å². The predicted octanol–water partition coefficient (Wildman–Crippen LogP) is 4.35. The molecule has 140 valence electrons. The van der Waals surface area contributed by atoms with Crippen LogP contribution in [0.25, 0.3) is 0 Å². The molecule has 1 amide bonds. The third-order valence-electron chi connectivity index (χ3n) is 4.20. The first-order chi connectivity index (χ1) is 12.1. The van der Waals surface area contributed by atoms with Gasteiger partial charge in [0.25, 0.3) is 0 Å². The molecule has 26 heavy (non-hydrogen) atoms. The highest BCUT2D eigenvalue weighted by Gasteiger charge is 2.32. The van der Waals surface area contributed by atoms with Gasteiger partial charge in [-0.05, 0) is 29.3 Å². The maximum absolute atomic E-state index is 12.9. The van der Waals surface area contributed by atoms with Crippen LogP contribution >= 0.6 is 0 Å². The number of ether oxygens (including phenoxy) is 1. The van der Waals surface area contributed by atoms with Gasteiger partial charge in [-0.15, -0.1) is 0 Å². The molecule has 2 aromatic rings. The Labute approximate surface area is 151 Å². The van der Waals surface area contributed by atoms with E-state index in [1.54, 1.807) is 45.2 Å². The van der Waals surface area contributed by atoms with Crippen LogP contribution in [0.4, 0.5) is 13.2 Å². The molecule has 0 radical (unpaired) electrons. The lowest BCUT2D eigenvalue weighted by molar-refractivity contribution is -0.137. The van der Waals surface area contributed by atoms with Crippen molar-refractivity contribution in [3.63, 3.8) is 0 Å². The second kappa shape index (κ2) is 7.81. The molecule has 0 unspecified atom stereocenters. The number of benzene rings is 2. The molecule has 2 aromatic carbocycles. The molecule has 0 aromatic heterocycles. The Morgan fingerprint density at radius 3 is 2.35 bits per heavy atom. The average molecular weight is 365 g/mol. The van der Waals surface area contributed by atoms with Crippen LogP contribution in [0.5, 0.6) is 5.75 Å². The topological polar surface area (TPSA) is 38.3 Å². The molecular formula is C20H22F3NO2. The van der Waals surface area contributed by atoms with E-state index in [-0.39, 0.29) is 18.9 Å². The number of hydrogen-bond acceptors (Lipinski definition) is 2. The quantitative estimate of drug-likeness (QED) is 0.826. The summed E-state index contributed by atoms with van der Waals surface area (Å²) in [7, 11) is 1.55. The maximum Gasteiger partial charge on any atom is 0.416 e. The van der Waals surface area contributed by atoms with Crippen molar-refractivity contribution in [2.45, 2.75) is 31.9 Å². The highest BCUT2D eigenvalue weighted by atomic mass is 19.4. The highest BCUT2D eigenvalue weighted by Crippen LogP contribution is 2.32. The fourth-order valence-electron chi connectivity index (χ4n) is 2.57. The fourth-order valence-corrected chi connectivity index (χ4v) is 2.57. The Balaban J connectivity index is 2.02. The van der Waals surface area contributed by atoms with E-state index in [4.69, 9.17) is 4.74 Å². The SMILES string of the molecule is COc1cccc(CC(=O)NCC(C)(C)c2cccc(C(F)(F)F)c2)c1. The molecule has 0 aliphatic heterocycles. The Hall–Kier alpha value is -2.50. The molecule has 0 spiro atoms. The normalized spacial score (nSPS) is 11.9. The summed E-state index contributed by atoms with van der Waals surface area (Å²) in [5.41, 5.74) is 0.00388. The first-order valence-corrected chi connectivity index (χ1v) is 8.19. The van der Waals surface area contributed by atoms with Crippen LogP contribution in [0.1, 0.15) is 30.5 Å². The van der Waals surface area contributed by atoms with E-state index in [1.807, 2.05) is 6.07 Å². The molecule has 0 heterocycles. The number of halogens is 3. The van der Waals surface area contributed by atoms with Crippen molar-refractivity contribution >= 4 is 5.91 Å². The Kier molecular flexibility index (Phi) is 5.95. The lowest BCUT2D eigenvalue weighted by atomic mass is 9.83. The molecular weight excluding hydrogens is 343 g/mol. The van der Waals surface area contributed by atoms with Gasteiger partial charge < -0.3 is 10.1 Å². The Morgan fingerprint density at radius 1 is 1.04 bits per heavy atom. The number of alkyl halides is 3. The van der Waals surface area contributed by atoms with Gasteiger partial charge in [-0.2, -0.15) is 13.2 Å². The van der Waals surface area contributed by atoms with Gasteiger partial charge in [-0.1, -0.05) is 44.2 Å². The summed E-state index contributed by atoms with van der Waals surface area (Å²) in [5, 5.41) is 2.80. The molecule has 0 atom stereocenters. The zero-order chi connectivity index (χ0) is 19.4. The molecule has 2 rings (SSSR count). The van der Waals surface area contributed by atoms with Gasteiger partial charge in [0.15, 0.2) is 0 Å². The zero-order valence-corrected chi connectivity index (χ0v) is 15.0. The number of amides is 1. The van der Waals surface area contributed by atoms with Gasteiger partial charge in [0.1, 0.15) is 5.75 Å². The highest BCUT2D eigenvalue weighted by molar-refractivity contribution is 5.78. The van der Waals surface area contributed by atoms with Crippen molar-refractivity contribution < 1.29 is 22.7 Å². The van der Waals surface area contributed by atoms with Gasteiger partial charge in [0, 0.05) is 12.0 Å². The van der Waals surface area contributed by atoms with Crippen LogP contribution in [0.2, 0.25) is 0 Å². The summed E-state index contributed by atoms with van der Waals surface area (Å²) >= 11 is 0. The first-order valence-electron chi connectivity index (χ1n) is 8.19. The van der Waals surface area contributed by atoms with Crippen LogP contribution in [0.15, 0.2) is 48.5 Å². The van der Waals surface area contributed by atoms with E-state index < -0.39 is 17.2 Å². The van der Waals surface area contributed by atoms with Gasteiger partial charge in [0.2, 0.25) is 5.91 Å². The van der Waals surface area contributed by atoms with Crippen molar-refractivity contribution in [3.05, 3.63) is 65.2 Å². The smallest absolute Gasteiger partial charge is 0.416 e. The molecule has 0 saturated carbocycles. The summed E-state index contributed by atoms with van der Waals surface area (Å²) < 4.78 is 43.8. The predicted molar refractivity (Wildman–Crippen MR) is 94.2 cm³/mol. The third-order valence-corrected chi connectivity index (χ3v) is 4.20. The molecule has 6 heteroatoms. The van der Waals surface area contributed by atoms with Gasteiger partial charge >= 0.3 is 6.18 Å². The number of rotatable bonds is 6. The molecule has 0 saturated heterocycles. The second-order valence-corrected chi connectivity index (χ2v) is 6.77. The van der Waals surface area contributed by atoms with Gasteiger partial charge in [0.05, 0.1) is 19.1 Å². The third kappa shape index (κ3) is 5.25. The van der Waals surface area contributed by atoms with Crippen LogP contribution in [0.3, 0.4) is 0 Å². The van der Waals surface area contributed by atoms with Crippen molar-refractivity contribution in [2.24, 2.45) is 0 Å². The number of carbonyl (C=O) groups is 1. The molecule has 3 nitrogen and oxygen atoms in total. The lowest BCUT2D eigenvalue weighted by Crippen LogP contribution is -2.37. The summed E-state index contributed by atoms with van der Waals surface area (Å²) in [6, 6.07) is 12.4.